The number of carbonyl (C=O) groups is 2. The van der Waals surface area contributed by atoms with E-state index in [4.69, 9.17) is 0 Å². The maximum absolute atomic E-state index is 12.7. The number of amides is 2. The van der Waals surface area contributed by atoms with Crippen molar-refractivity contribution in [3.63, 3.8) is 0 Å². The molecule has 0 fully saturated rings. The van der Waals surface area contributed by atoms with Gasteiger partial charge in [0.15, 0.2) is 0 Å². The van der Waals surface area contributed by atoms with Crippen LogP contribution in [0.3, 0.4) is 0 Å². The van der Waals surface area contributed by atoms with Crippen LogP contribution in [-0.2, 0) is 4.79 Å². The Morgan fingerprint density at radius 2 is 1.67 bits per heavy atom. The van der Waals surface area contributed by atoms with Gasteiger partial charge in [0.05, 0.1) is 17.7 Å². The van der Waals surface area contributed by atoms with Crippen LogP contribution in [0.5, 0.6) is 0 Å². The molecule has 0 radical (unpaired) electrons. The molecule has 0 aliphatic carbocycles. The molecule has 0 spiro atoms. The number of nitrogens with one attached hydrogen (secondary N) is 2. The molecule has 2 amide bonds. The Hall–Kier alpha value is -2.75. The summed E-state index contributed by atoms with van der Waals surface area (Å²) in [7, 11) is -1.76. The van der Waals surface area contributed by atoms with E-state index in [9.17, 15) is 24.7 Å². The van der Waals surface area contributed by atoms with Gasteiger partial charge < -0.3 is 25.8 Å². The van der Waals surface area contributed by atoms with Crippen molar-refractivity contribution in [1.29, 1.82) is 0 Å². The zero-order valence-corrected chi connectivity index (χ0v) is 17.3. The van der Waals surface area contributed by atoms with Crippen molar-refractivity contribution in [3.05, 3.63) is 54.2 Å². The molecule has 3 atom stereocenters. The largest absolute Gasteiger partial charge is 0.475 e. The Bertz CT molecular complexity index is 846. The molecule has 2 aromatic rings. The quantitative estimate of drug-likeness (QED) is 0.386. The number of aliphatic hydroxyl groups excluding tert-OH is 1. The first-order valence-electron chi connectivity index (χ1n) is 9.87. The van der Waals surface area contributed by atoms with Crippen LogP contribution in [0.25, 0.3) is 11.3 Å². The van der Waals surface area contributed by atoms with Crippen LogP contribution < -0.4 is 10.6 Å². The van der Waals surface area contributed by atoms with Gasteiger partial charge in [0.25, 0.3) is 5.91 Å². The highest BCUT2D eigenvalue weighted by Crippen LogP contribution is 2.16. The van der Waals surface area contributed by atoms with Crippen molar-refractivity contribution in [3.8, 4) is 11.3 Å². The lowest BCUT2D eigenvalue weighted by Gasteiger charge is -2.25. The fourth-order valence-corrected chi connectivity index (χ4v) is 2.99. The molecule has 2 rings (SSSR count). The molecule has 0 aliphatic rings. The number of rotatable bonds is 9. The van der Waals surface area contributed by atoms with Crippen molar-refractivity contribution in [2.45, 2.75) is 45.3 Å². The molecule has 1 aromatic heterocycles. The first kappa shape index (κ1) is 23.5. The molecule has 0 unspecified atom stereocenters. The molecule has 9 heteroatoms. The number of aromatic nitrogens is 1. The fraction of sp³-hybridized carbons (Fsp3) is 0.381. The third-order valence-electron chi connectivity index (χ3n) is 4.52. The smallest absolute Gasteiger partial charge is 0.426 e. The van der Waals surface area contributed by atoms with Gasteiger partial charge in [-0.3, -0.25) is 9.59 Å². The summed E-state index contributed by atoms with van der Waals surface area (Å²) in [5.74, 6) is -2.16. The van der Waals surface area contributed by atoms with E-state index in [2.05, 4.69) is 15.6 Å². The molecule has 5 N–H and O–H groups in total. The van der Waals surface area contributed by atoms with Gasteiger partial charge in [-0.05, 0) is 31.4 Å². The topological polar surface area (TPSA) is 132 Å². The number of hydrogen-bond acceptors (Lipinski definition) is 6. The lowest BCUT2D eigenvalue weighted by molar-refractivity contribution is -0.125. The zero-order valence-electron chi connectivity index (χ0n) is 17.3. The SMILES string of the molecule is CC(C)C[C@@H](NC(=O)[C@H](NC(=O)c1cccc(-c2ccccc2)n1)[C@H](C)O)B(O)O. The highest BCUT2D eigenvalue weighted by molar-refractivity contribution is 6.43. The molecular weight excluding hydrogens is 385 g/mol. The van der Waals surface area contributed by atoms with Crippen LogP contribution in [0.1, 0.15) is 37.7 Å². The van der Waals surface area contributed by atoms with Gasteiger partial charge in [0.1, 0.15) is 11.7 Å². The third-order valence-corrected chi connectivity index (χ3v) is 4.52. The van der Waals surface area contributed by atoms with E-state index >= 15 is 0 Å². The second-order valence-electron chi connectivity index (χ2n) is 7.62. The number of hydrogen-bond donors (Lipinski definition) is 5. The predicted octanol–water partition coefficient (Wildman–Crippen LogP) is 0.771. The van der Waals surface area contributed by atoms with Crippen LogP contribution in [0, 0.1) is 5.92 Å². The molecule has 0 bridgehead atoms. The van der Waals surface area contributed by atoms with Crippen molar-refractivity contribution in [2.75, 3.05) is 0 Å². The molecule has 1 heterocycles. The van der Waals surface area contributed by atoms with E-state index in [-0.39, 0.29) is 11.6 Å². The molecule has 0 saturated carbocycles. The summed E-state index contributed by atoms with van der Waals surface area (Å²) < 4.78 is 0. The van der Waals surface area contributed by atoms with Crippen LogP contribution >= 0.6 is 0 Å². The Balaban J connectivity index is 2.14. The highest BCUT2D eigenvalue weighted by atomic mass is 16.4. The van der Waals surface area contributed by atoms with E-state index in [1.807, 2.05) is 44.2 Å². The van der Waals surface area contributed by atoms with Gasteiger partial charge in [0.2, 0.25) is 5.91 Å². The van der Waals surface area contributed by atoms with E-state index in [0.717, 1.165) is 5.56 Å². The molecular formula is C21H28BN3O5. The minimum absolute atomic E-state index is 0.0933. The summed E-state index contributed by atoms with van der Waals surface area (Å²) in [6.07, 6.45) is -0.883. The standard InChI is InChI=1S/C21H28BN3O5/c1-13(2)12-18(22(29)30)24-21(28)19(14(3)26)25-20(27)17-11-7-10-16(23-17)15-8-5-4-6-9-15/h4-11,13-14,18-19,26,29-30H,12H2,1-3H3,(H,24,28)(H,25,27)/t14-,18+,19+/m0/s1. The highest BCUT2D eigenvalue weighted by Gasteiger charge is 2.32. The van der Waals surface area contributed by atoms with Gasteiger partial charge in [-0.1, -0.05) is 50.2 Å². The molecule has 1 aromatic carbocycles. The van der Waals surface area contributed by atoms with Gasteiger partial charge in [-0.15, -0.1) is 0 Å². The van der Waals surface area contributed by atoms with Crippen LogP contribution in [0.2, 0.25) is 0 Å². The number of aliphatic hydroxyl groups is 1. The summed E-state index contributed by atoms with van der Waals surface area (Å²) in [4.78, 5) is 29.6. The third kappa shape index (κ3) is 6.65. The average Bonchev–Trinajstić information content (AvgIpc) is 2.71. The van der Waals surface area contributed by atoms with Gasteiger partial charge >= 0.3 is 7.12 Å². The van der Waals surface area contributed by atoms with Crippen molar-refractivity contribution < 1.29 is 24.7 Å². The molecule has 30 heavy (non-hydrogen) atoms. The molecule has 0 aliphatic heterocycles. The number of carbonyl (C=O) groups excluding carboxylic acids is 2. The number of nitrogens with zero attached hydrogens (tertiary/aromatic N) is 1. The molecule has 160 valence electrons. The van der Waals surface area contributed by atoms with Crippen LogP contribution in [-0.4, -0.2) is 57.2 Å². The summed E-state index contributed by atoms with van der Waals surface area (Å²) in [5.41, 5.74) is 1.53. The Morgan fingerprint density at radius 1 is 1.00 bits per heavy atom. The summed E-state index contributed by atoms with van der Waals surface area (Å²) in [6, 6.07) is 13.0. The van der Waals surface area contributed by atoms with Crippen LogP contribution in [0.4, 0.5) is 0 Å². The second-order valence-corrected chi connectivity index (χ2v) is 7.62. The van der Waals surface area contributed by atoms with Crippen LogP contribution in [0.15, 0.2) is 48.5 Å². The zero-order chi connectivity index (χ0) is 22.3. The summed E-state index contributed by atoms with van der Waals surface area (Å²) in [6.45, 7) is 5.12. The van der Waals surface area contributed by atoms with Crippen molar-refractivity contribution in [1.82, 2.24) is 15.6 Å². The monoisotopic (exact) mass is 413 g/mol. The lowest BCUT2D eigenvalue weighted by atomic mass is 9.75. The Kier molecular flexibility index (Phi) is 8.52. The first-order chi connectivity index (χ1) is 14.2. The Labute approximate surface area is 176 Å². The summed E-state index contributed by atoms with van der Waals surface area (Å²) in [5, 5.41) is 34.0. The lowest BCUT2D eigenvalue weighted by Crippen LogP contribution is -2.57. The van der Waals surface area contributed by atoms with E-state index in [1.165, 1.54) is 13.0 Å². The molecule has 0 saturated heterocycles. The first-order valence-corrected chi connectivity index (χ1v) is 9.87. The van der Waals surface area contributed by atoms with E-state index < -0.39 is 37.0 Å². The minimum atomic E-state index is -1.76. The maximum atomic E-state index is 12.7. The van der Waals surface area contributed by atoms with Crippen molar-refractivity contribution >= 4 is 18.9 Å². The Morgan fingerprint density at radius 3 is 2.23 bits per heavy atom. The van der Waals surface area contributed by atoms with Gasteiger partial charge in [0, 0.05) is 5.56 Å². The van der Waals surface area contributed by atoms with Crippen molar-refractivity contribution in [2.24, 2.45) is 5.92 Å². The molecule has 8 nitrogen and oxygen atoms in total. The number of pyridine rings is 1. The number of benzene rings is 1. The van der Waals surface area contributed by atoms with E-state index in [1.54, 1.807) is 12.1 Å². The predicted molar refractivity (Wildman–Crippen MR) is 114 cm³/mol. The van der Waals surface area contributed by atoms with Gasteiger partial charge in [-0.25, -0.2) is 4.98 Å². The minimum Gasteiger partial charge on any atom is -0.426 e. The average molecular weight is 413 g/mol. The summed E-state index contributed by atoms with van der Waals surface area (Å²) >= 11 is 0. The van der Waals surface area contributed by atoms with Gasteiger partial charge in [-0.2, -0.15) is 0 Å². The van der Waals surface area contributed by atoms with E-state index in [0.29, 0.717) is 12.1 Å². The fourth-order valence-electron chi connectivity index (χ4n) is 2.99. The second kappa shape index (κ2) is 10.9. The maximum Gasteiger partial charge on any atom is 0.475 e. The normalized spacial score (nSPS) is 14.0.